The zero-order valence-electron chi connectivity index (χ0n) is 21.2. The summed E-state index contributed by atoms with van der Waals surface area (Å²) in [5.41, 5.74) is 1.97. The molecule has 2 aromatic carbocycles. The summed E-state index contributed by atoms with van der Waals surface area (Å²) < 4.78 is 42.0. The Hall–Kier alpha value is -3.04. The van der Waals surface area contributed by atoms with Gasteiger partial charge < -0.3 is 10.2 Å². The number of nitrogens with one attached hydrogen (secondary N) is 1. The molecule has 0 bridgehead atoms. The molecule has 10 heteroatoms. The van der Waals surface area contributed by atoms with Gasteiger partial charge in [-0.1, -0.05) is 29.8 Å². The number of aromatic nitrogens is 2. The highest BCUT2D eigenvalue weighted by atomic mass is 35.5. The maximum Gasteiger partial charge on any atom is 0.418 e. The molecular formula is C27H31ClF3N5O. The molecule has 198 valence electrons. The van der Waals surface area contributed by atoms with Crippen molar-refractivity contribution in [2.24, 2.45) is 0 Å². The van der Waals surface area contributed by atoms with Crippen LogP contribution in [0.25, 0.3) is 5.69 Å². The number of hydrogen-bond acceptors (Lipinski definition) is 4. The summed E-state index contributed by atoms with van der Waals surface area (Å²) in [5, 5.41) is 3.65. The number of carbonyl (C=O) groups is 1. The van der Waals surface area contributed by atoms with Crippen molar-refractivity contribution in [3.63, 3.8) is 0 Å². The maximum absolute atomic E-state index is 13.5. The highest BCUT2D eigenvalue weighted by Gasteiger charge is 2.34. The fourth-order valence-electron chi connectivity index (χ4n) is 4.86. The Morgan fingerprint density at radius 2 is 1.68 bits per heavy atom. The zero-order chi connectivity index (χ0) is 26.7. The lowest BCUT2D eigenvalue weighted by atomic mass is 10.1. The van der Waals surface area contributed by atoms with E-state index in [0.29, 0.717) is 18.1 Å². The number of benzene rings is 2. The van der Waals surface area contributed by atoms with E-state index in [-0.39, 0.29) is 17.3 Å². The molecule has 6 nitrogen and oxygen atoms in total. The number of nitrogens with zero attached hydrogens (tertiary/aromatic N) is 4. The van der Waals surface area contributed by atoms with E-state index in [2.05, 4.69) is 26.2 Å². The summed E-state index contributed by atoms with van der Waals surface area (Å²) in [5.74, 6) is -0.0581. The second-order valence-electron chi connectivity index (χ2n) is 9.27. The van der Waals surface area contributed by atoms with Gasteiger partial charge in [0, 0.05) is 43.4 Å². The molecule has 3 aromatic rings. The molecule has 0 spiro atoms. The second-order valence-corrected chi connectivity index (χ2v) is 9.67. The molecule has 1 aliphatic heterocycles. The molecular weight excluding hydrogens is 503 g/mol. The molecule has 4 rings (SSSR count). The van der Waals surface area contributed by atoms with E-state index in [0.717, 1.165) is 55.8 Å². The van der Waals surface area contributed by atoms with Gasteiger partial charge in [0.1, 0.15) is 11.5 Å². The highest BCUT2D eigenvalue weighted by Crippen LogP contribution is 2.35. The minimum absolute atomic E-state index is 0.0383. The highest BCUT2D eigenvalue weighted by molar-refractivity contribution is 6.31. The molecule has 1 aliphatic rings. The standard InChI is InChI=1S/C27H31ClF3N5O/c1-18-22(28)9-6-11-23(18)35-16-14-34(15-17-35)13-7-12-32-26(37)25-19(2)36(20(3)33-25)24-10-5-4-8-21(24)27(29,30)31/h4-6,8-11H,7,12-17H2,1-3H3,(H,32,37). The van der Waals surface area contributed by atoms with Gasteiger partial charge in [-0.15, -0.1) is 0 Å². The van der Waals surface area contributed by atoms with Crippen molar-refractivity contribution in [1.82, 2.24) is 19.8 Å². The monoisotopic (exact) mass is 533 g/mol. The fourth-order valence-corrected chi connectivity index (χ4v) is 5.03. The third-order valence-corrected chi connectivity index (χ3v) is 7.24. The van der Waals surface area contributed by atoms with Crippen molar-refractivity contribution < 1.29 is 18.0 Å². The number of rotatable bonds is 7. The van der Waals surface area contributed by atoms with Gasteiger partial charge in [-0.2, -0.15) is 13.2 Å². The summed E-state index contributed by atoms with van der Waals surface area (Å²) in [7, 11) is 0. The van der Waals surface area contributed by atoms with Gasteiger partial charge in [-0.05, 0) is 63.6 Å². The third kappa shape index (κ3) is 5.93. The predicted molar refractivity (Wildman–Crippen MR) is 140 cm³/mol. The molecule has 2 heterocycles. The minimum Gasteiger partial charge on any atom is -0.369 e. The van der Waals surface area contributed by atoms with Gasteiger partial charge in [-0.25, -0.2) is 4.98 Å². The van der Waals surface area contributed by atoms with Crippen molar-refractivity contribution in [3.05, 3.63) is 75.8 Å². The van der Waals surface area contributed by atoms with Gasteiger partial charge in [0.2, 0.25) is 0 Å². The first-order valence-electron chi connectivity index (χ1n) is 12.3. The van der Waals surface area contributed by atoms with Crippen molar-refractivity contribution in [2.75, 3.05) is 44.2 Å². The summed E-state index contributed by atoms with van der Waals surface area (Å²) in [6.07, 6.45) is -3.75. The molecule has 1 N–H and O–H groups in total. The molecule has 1 fully saturated rings. The Kier molecular flexibility index (Phi) is 8.14. The smallest absolute Gasteiger partial charge is 0.369 e. The molecule has 0 unspecified atom stereocenters. The largest absolute Gasteiger partial charge is 0.418 e. The first-order valence-corrected chi connectivity index (χ1v) is 12.7. The van der Waals surface area contributed by atoms with Crippen molar-refractivity contribution >= 4 is 23.2 Å². The zero-order valence-corrected chi connectivity index (χ0v) is 22.0. The minimum atomic E-state index is -4.51. The van der Waals surface area contributed by atoms with Crippen LogP contribution in [0, 0.1) is 20.8 Å². The van der Waals surface area contributed by atoms with E-state index in [1.165, 1.54) is 22.4 Å². The Morgan fingerprint density at radius 3 is 2.38 bits per heavy atom. The van der Waals surface area contributed by atoms with Crippen LogP contribution in [0.2, 0.25) is 5.02 Å². The van der Waals surface area contributed by atoms with Gasteiger partial charge in [0.05, 0.1) is 16.9 Å². The lowest BCUT2D eigenvalue weighted by molar-refractivity contribution is -0.137. The fraction of sp³-hybridized carbons (Fsp3) is 0.407. The van der Waals surface area contributed by atoms with Crippen LogP contribution in [0.4, 0.5) is 18.9 Å². The second kappa shape index (κ2) is 11.1. The Labute approximate surface area is 220 Å². The lowest BCUT2D eigenvalue weighted by Gasteiger charge is -2.37. The lowest BCUT2D eigenvalue weighted by Crippen LogP contribution is -2.47. The molecule has 1 amide bonds. The van der Waals surface area contributed by atoms with Crippen LogP contribution < -0.4 is 10.2 Å². The van der Waals surface area contributed by atoms with Crippen LogP contribution >= 0.6 is 11.6 Å². The Bertz CT molecular complexity index is 1270. The number of piperazine rings is 1. The number of anilines is 1. The molecule has 0 radical (unpaired) electrons. The number of para-hydroxylation sites is 1. The van der Waals surface area contributed by atoms with E-state index in [1.807, 2.05) is 19.1 Å². The van der Waals surface area contributed by atoms with Crippen LogP contribution in [-0.2, 0) is 6.18 Å². The van der Waals surface area contributed by atoms with Crippen LogP contribution in [0.3, 0.4) is 0 Å². The number of aryl methyl sites for hydroxylation is 1. The number of amides is 1. The van der Waals surface area contributed by atoms with E-state index in [1.54, 1.807) is 19.9 Å². The van der Waals surface area contributed by atoms with Crippen molar-refractivity contribution in [1.29, 1.82) is 0 Å². The van der Waals surface area contributed by atoms with Crippen LogP contribution in [0.1, 0.15) is 39.6 Å². The number of imidazole rings is 1. The molecule has 0 saturated carbocycles. The van der Waals surface area contributed by atoms with Gasteiger partial charge >= 0.3 is 6.18 Å². The van der Waals surface area contributed by atoms with Crippen molar-refractivity contribution in [2.45, 2.75) is 33.4 Å². The summed E-state index contributed by atoms with van der Waals surface area (Å²) >= 11 is 6.27. The average molecular weight is 534 g/mol. The summed E-state index contributed by atoms with van der Waals surface area (Å²) in [6.45, 7) is 10.2. The quantitative estimate of drug-likeness (QED) is 0.413. The number of halogens is 4. The van der Waals surface area contributed by atoms with Gasteiger partial charge in [0.15, 0.2) is 0 Å². The normalized spacial score (nSPS) is 14.7. The van der Waals surface area contributed by atoms with E-state index >= 15 is 0 Å². The number of alkyl halides is 3. The van der Waals surface area contributed by atoms with Gasteiger partial charge in [-0.3, -0.25) is 14.3 Å². The first kappa shape index (κ1) is 27.0. The van der Waals surface area contributed by atoms with Crippen LogP contribution in [0.15, 0.2) is 42.5 Å². The molecule has 1 aromatic heterocycles. The van der Waals surface area contributed by atoms with E-state index < -0.39 is 11.7 Å². The topological polar surface area (TPSA) is 53.4 Å². The summed E-state index contributed by atoms with van der Waals surface area (Å²) in [6, 6.07) is 11.3. The maximum atomic E-state index is 13.5. The Morgan fingerprint density at radius 1 is 1.00 bits per heavy atom. The van der Waals surface area contributed by atoms with E-state index in [4.69, 9.17) is 11.6 Å². The van der Waals surface area contributed by atoms with Crippen LogP contribution in [0.5, 0.6) is 0 Å². The molecule has 0 atom stereocenters. The van der Waals surface area contributed by atoms with Crippen LogP contribution in [-0.4, -0.2) is 59.6 Å². The molecule has 0 aliphatic carbocycles. The van der Waals surface area contributed by atoms with E-state index in [9.17, 15) is 18.0 Å². The SMILES string of the molecule is Cc1c(Cl)cccc1N1CCN(CCCNC(=O)c2nc(C)n(-c3ccccc3C(F)(F)F)c2C)CC1. The summed E-state index contributed by atoms with van der Waals surface area (Å²) in [4.78, 5) is 21.8. The molecule has 1 saturated heterocycles. The third-order valence-electron chi connectivity index (χ3n) is 6.83. The molecule has 37 heavy (non-hydrogen) atoms. The first-order chi connectivity index (χ1) is 17.6. The number of carbonyl (C=O) groups excluding carboxylic acids is 1. The van der Waals surface area contributed by atoms with Gasteiger partial charge in [0.25, 0.3) is 5.91 Å². The Balaban J connectivity index is 1.30. The average Bonchev–Trinajstić information content (AvgIpc) is 3.17. The number of hydrogen-bond donors (Lipinski definition) is 1. The van der Waals surface area contributed by atoms with Crippen molar-refractivity contribution in [3.8, 4) is 5.69 Å². The predicted octanol–water partition coefficient (Wildman–Crippen LogP) is 5.41.